The van der Waals surface area contributed by atoms with Gasteiger partial charge in [-0.1, -0.05) is 44.7 Å². The van der Waals surface area contributed by atoms with Crippen molar-refractivity contribution in [2.75, 3.05) is 0 Å². The molecule has 0 atom stereocenters. The Balaban J connectivity index is 0.000000956. The lowest BCUT2D eigenvalue weighted by Crippen LogP contribution is -2.46. The number of carboxylic acid groups (broad SMARTS) is 1. The smallest absolute Gasteiger partial charge is 0.309 e. The topological polar surface area (TPSA) is 37.3 Å². The van der Waals surface area contributed by atoms with E-state index < -0.39 is 11.4 Å². The molecule has 3 fully saturated rings. The molecule has 2 heteroatoms. The molecule has 0 unspecified atom stereocenters. The average molecular weight is 276 g/mol. The van der Waals surface area contributed by atoms with Crippen LogP contribution in [0.15, 0.2) is 36.5 Å². The SMILES string of the molecule is C=C(/C=C\C=C/C)C12CCC(C(=O)O)(CC1)CC2.CC. The molecule has 0 radical (unpaired) electrons. The van der Waals surface area contributed by atoms with Crippen LogP contribution < -0.4 is 0 Å². The molecule has 0 amide bonds. The zero-order valence-corrected chi connectivity index (χ0v) is 13.1. The number of hydrogen-bond acceptors (Lipinski definition) is 1. The van der Waals surface area contributed by atoms with Gasteiger partial charge in [-0.05, 0) is 56.4 Å². The number of carbonyl (C=O) groups is 1. The molecule has 112 valence electrons. The highest BCUT2D eigenvalue weighted by atomic mass is 16.4. The Labute approximate surface area is 123 Å². The van der Waals surface area contributed by atoms with E-state index in [1.54, 1.807) is 0 Å². The van der Waals surface area contributed by atoms with Crippen LogP contribution >= 0.6 is 0 Å². The monoisotopic (exact) mass is 276 g/mol. The molecule has 2 nitrogen and oxygen atoms in total. The van der Waals surface area contributed by atoms with E-state index in [0.717, 1.165) is 38.5 Å². The summed E-state index contributed by atoms with van der Waals surface area (Å²) < 4.78 is 0. The van der Waals surface area contributed by atoms with Crippen LogP contribution in [0.1, 0.15) is 59.3 Å². The Morgan fingerprint density at radius 3 is 1.85 bits per heavy atom. The Morgan fingerprint density at radius 2 is 1.45 bits per heavy atom. The van der Waals surface area contributed by atoms with Crippen molar-refractivity contribution in [1.82, 2.24) is 0 Å². The van der Waals surface area contributed by atoms with Crippen LogP contribution in [-0.4, -0.2) is 11.1 Å². The minimum Gasteiger partial charge on any atom is -0.481 e. The van der Waals surface area contributed by atoms with E-state index in [4.69, 9.17) is 0 Å². The normalized spacial score (nSPS) is 32.1. The van der Waals surface area contributed by atoms with Gasteiger partial charge in [-0.3, -0.25) is 4.79 Å². The number of rotatable bonds is 4. The van der Waals surface area contributed by atoms with Crippen molar-refractivity contribution in [2.45, 2.75) is 59.3 Å². The first kappa shape index (κ1) is 16.7. The van der Waals surface area contributed by atoms with Crippen LogP contribution in [0, 0.1) is 10.8 Å². The maximum atomic E-state index is 11.4. The highest BCUT2D eigenvalue weighted by Crippen LogP contribution is 2.59. The highest BCUT2D eigenvalue weighted by Gasteiger charge is 2.52. The molecule has 0 aromatic carbocycles. The molecule has 3 rings (SSSR count). The maximum Gasteiger partial charge on any atom is 0.309 e. The van der Waals surface area contributed by atoms with E-state index in [1.165, 1.54) is 5.57 Å². The van der Waals surface area contributed by atoms with E-state index in [9.17, 15) is 9.90 Å². The predicted octanol–water partition coefficient (Wildman–Crippen LogP) is 5.13. The first-order chi connectivity index (χ1) is 9.55. The van der Waals surface area contributed by atoms with E-state index >= 15 is 0 Å². The fraction of sp³-hybridized carbons (Fsp3) is 0.611. The third kappa shape index (κ3) is 3.05. The van der Waals surface area contributed by atoms with E-state index in [-0.39, 0.29) is 5.41 Å². The van der Waals surface area contributed by atoms with Crippen LogP contribution in [0.2, 0.25) is 0 Å². The summed E-state index contributed by atoms with van der Waals surface area (Å²) in [5.41, 5.74) is 0.934. The quantitative estimate of drug-likeness (QED) is 0.723. The molecule has 3 aliphatic carbocycles. The molecule has 1 N–H and O–H groups in total. The molecule has 20 heavy (non-hydrogen) atoms. The molecule has 0 saturated heterocycles. The highest BCUT2D eigenvalue weighted by molar-refractivity contribution is 5.75. The van der Waals surface area contributed by atoms with Crippen LogP contribution in [0.4, 0.5) is 0 Å². The number of hydrogen-bond donors (Lipinski definition) is 1. The molecule has 3 aliphatic rings. The zero-order valence-electron chi connectivity index (χ0n) is 13.1. The lowest BCUT2D eigenvalue weighted by Gasteiger charge is -2.52. The molecule has 0 aromatic rings. The van der Waals surface area contributed by atoms with Crippen molar-refractivity contribution in [2.24, 2.45) is 10.8 Å². The predicted molar refractivity (Wildman–Crippen MR) is 84.6 cm³/mol. The van der Waals surface area contributed by atoms with Gasteiger partial charge in [-0.2, -0.15) is 0 Å². The largest absolute Gasteiger partial charge is 0.481 e. The Morgan fingerprint density at radius 1 is 1.00 bits per heavy atom. The van der Waals surface area contributed by atoms with Crippen LogP contribution in [0.25, 0.3) is 0 Å². The second kappa shape index (κ2) is 6.92. The summed E-state index contributed by atoms with van der Waals surface area (Å²) in [7, 11) is 0. The van der Waals surface area contributed by atoms with Crippen LogP contribution in [0.5, 0.6) is 0 Å². The summed E-state index contributed by atoms with van der Waals surface area (Å²) in [6, 6.07) is 0. The van der Waals surface area contributed by atoms with Gasteiger partial charge in [-0.15, -0.1) is 0 Å². The third-order valence-corrected chi connectivity index (χ3v) is 4.98. The van der Waals surface area contributed by atoms with Gasteiger partial charge >= 0.3 is 5.97 Å². The molecule has 0 aromatic heterocycles. The molecular formula is C18H28O2. The summed E-state index contributed by atoms with van der Waals surface area (Å²) in [5.74, 6) is -0.592. The summed E-state index contributed by atoms with van der Waals surface area (Å²) in [6.45, 7) is 10.2. The van der Waals surface area contributed by atoms with Gasteiger partial charge < -0.3 is 5.11 Å². The van der Waals surface area contributed by atoms with Gasteiger partial charge in [0.2, 0.25) is 0 Å². The van der Waals surface area contributed by atoms with Crippen molar-refractivity contribution < 1.29 is 9.90 Å². The van der Waals surface area contributed by atoms with Crippen molar-refractivity contribution in [3.8, 4) is 0 Å². The Bertz CT molecular complexity index is 391. The van der Waals surface area contributed by atoms with Crippen molar-refractivity contribution >= 4 is 5.97 Å². The van der Waals surface area contributed by atoms with Gasteiger partial charge in [0.15, 0.2) is 0 Å². The third-order valence-electron chi connectivity index (χ3n) is 4.98. The van der Waals surface area contributed by atoms with Gasteiger partial charge in [0.1, 0.15) is 0 Å². The first-order valence-corrected chi connectivity index (χ1v) is 7.77. The second-order valence-electron chi connectivity index (χ2n) is 5.78. The van der Waals surface area contributed by atoms with E-state index in [1.807, 2.05) is 39.0 Å². The average Bonchev–Trinajstić information content (AvgIpc) is 2.51. The van der Waals surface area contributed by atoms with Gasteiger partial charge in [-0.25, -0.2) is 0 Å². The van der Waals surface area contributed by atoms with Gasteiger partial charge in [0.05, 0.1) is 5.41 Å². The molecule has 2 bridgehead atoms. The van der Waals surface area contributed by atoms with Crippen LogP contribution in [-0.2, 0) is 4.79 Å². The lowest BCUT2D eigenvalue weighted by atomic mass is 9.52. The fourth-order valence-corrected chi connectivity index (χ4v) is 3.45. The second-order valence-corrected chi connectivity index (χ2v) is 5.78. The summed E-state index contributed by atoms with van der Waals surface area (Å²) in [6.07, 6.45) is 13.5. The van der Waals surface area contributed by atoms with Crippen LogP contribution in [0.3, 0.4) is 0 Å². The van der Waals surface area contributed by atoms with E-state index in [0.29, 0.717) is 0 Å². The van der Waals surface area contributed by atoms with Crippen molar-refractivity contribution in [3.05, 3.63) is 36.5 Å². The zero-order chi connectivity index (χ0) is 15.2. The number of aliphatic carboxylic acids is 1. The molecule has 0 heterocycles. The van der Waals surface area contributed by atoms with Gasteiger partial charge in [0.25, 0.3) is 0 Å². The number of carboxylic acids is 1. The number of fused-ring (bicyclic) bond motifs is 3. The molecular weight excluding hydrogens is 248 g/mol. The molecule has 3 saturated carbocycles. The van der Waals surface area contributed by atoms with Crippen molar-refractivity contribution in [3.63, 3.8) is 0 Å². The summed E-state index contributed by atoms with van der Waals surface area (Å²) in [4.78, 5) is 11.4. The first-order valence-electron chi connectivity index (χ1n) is 7.77. The van der Waals surface area contributed by atoms with E-state index in [2.05, 4.69) is 12.7 Å². The number of allylic oxidation sites excluding steroid dienone is 5. The molecule has 0 spiro atoms. The Hall–Kier alpha value is -1.31. The summed E-state index contributed by atoms with van der Waals surface area (Å²) >= 11 is 0. The fourth-order valence-electron chi connectivity index (χ4n) is 3.45. The minimum atomic E-state index is -0.592. The standard InChI is InChI=1S/C16H22O2.C2H6/c1-3-4-5-6-13(2)15-7-10-16(11-8-15,12-9-15)14(17)18;1-2/h3-6H,2,7-12H2,1H3,(H,17,18);1-2H3/b4-3-,6-5-;. The van der Waals surface area contributed by atoms with Gasteiger partial charge in [0, 0.05) is 0 Å². The summed E-state index contributed by atoms with van der Waals surface area (Å²) in [5, 5.41) is 9.36. The lowest BCUT2D eigenvalue weighted by molar-refractivity contribution is -0.157. The molecule has 0 aliphatic heterocycles. The maximum absolute atomic E-state index is 11.4. The van der Waals surface area contributed by atoms with Crippen molar-refractivity contribution in [1.29, 1.82) is 0 Å². The Kier molecular flexibility index (Phi) is 5.79. The minimum absolute atomic E-state index is 0.176.